The summed E-state index contributed by atoms with van der Waals surface area (Å²) >= 11 is 0. The second-order valence-corrected chi connectivity index (χ2v) is 4.88. The summed E-state index contributed by atoms with van der Waals surface area (Å²) in [6, 6.07) is 4.16. The molecule has 0 aliphatic carbocycles. The van der Waals surface area contributed by atoms with E-state index in [2.05, 4.69) is 0 Å². The maximum Gasteiger partial charge on any atom is 0.308 e. The van der Waals surface area contributed by atoms with Crippen molar-refractivity contribution in [2.24, 2.45) is 5.92 Å². The van der Waals surface area contributed by atoms with Crippen LogP contribution in [0.3, 0.4) is 0 Å². The molecule has 0 spiro atoms. The number of carboxylic acids is 1. The van der Waals surface area contributed by atoms with Crippen molar-refractivity contribution in [3.8, 4) is 0 Å². The van der Waals surface area contributed by atoms with Crippen LogP contribution in [0.25, 0.3) is 0 Å². The van der Waals surface area contributed by atoms with Crippen molar-refractivity contribution in [2.45, 2.75) is 19.8 Å². The molecule has 1 unspecified atom stereocenters. The second kappa shape index (κ2) is 5.38. The highest BCUT2D eigenvalue weighted by Gasteiger charge is 2.26. The average molecular weight is 265 g/mol. The number of piperidine rings is 1. The van der Waals surface area contributed by atoms with Crippen LogP contribution < -0.4 is 4.90 Å². The molecule has 19 heavy (non-hydrogen) atoms. The first-order valence-electron chi connectivity index (χ1n) is 6.26. The largest absolute Gasteiger partial charge is 0.481 e. The van der Waals surface area contributed by atoms with Crippen LogP contribution in [-0.2, 0) is 4.79 Å². The molecule has 0 bridgehead atoms. The fourth-order valence-electron chi connectivity index (χ4n) is 2.37. The first kappa shape index (κ1) is 13.5. The lowest BCUT2D eigenvalue weighted by Crippen LogP contribution is -2.38. The Morgan fingerprint density at radius 3 is 2.74 bits per heavy atom. The normalized spacial score (nSPS) is 19.3. The number of hydrogen-bond acceptors (Lipinski definition) is 3. The number of nitrogens with zero attached hydrogens (tertiary/aromatic N) is 1. The van der Waals surface area contributed by atoms with Crippen LogP contribution in [0.5, 0.6) is 0 Å². The van der Waals surface area contributed by atoms with Crippen molar-refractivity contribution < 1.29 is 19.1 Å². The van der Waals surface area contributed by atoms with Crippen LogP contribution in [0.4, 0.5) is 10.1 Å². The zero-order chi connectivity index (χ0) is 14.0. The highest BCUT2D eigenvalue weighted by molar-refractivity contribution is 5.95. The molecular weight excluding hydrogens is 249 g/mol. The number of rotatable bonds is 3. The van der Waals surface area contributed by atoms with Gasteiger partial charge in [-0.15, -0.1) is 0 Å². The van der Waals surface area contributed by atoms with Gasteiger partial charge in [0.05, 0.1) is 5.92 Å². The molecule has 1 N–H and O–H groups in total. The summed E-state index contributed by atoms with van der Waals surface area (Å²) in [5.41, 5.74) is 0.892. The molecule has 0 amide bonds. The Kier molecular flexibility index (Phi) is 3.83. The maximum absolute atomic E-state index is 13.5. The number of benzene rings is 1. The smallest absolute Gasteiger partial charge is 0.308 e. The van der Waals surface area contributed by atoms with Crippen molar-refractivity contribution in [1.29, 1.82) is 0 Å². The number of carboxylic acid groups (broad SMARTS) is 1. The van der Waals surface area contributed by atoms with Crippen molar-refractivity contribution in [2.75, 3.05) is 18.0 Å². The van der Waals surface area contributed by atoms with E-state index in [-0.39, 0.29) is 5.78 Å². The number of hydrogen-bond donors (Lipinski definition) is 1. The Balaban J connectivity index is 2.26. The molecule has 1 heterocycles. The van der Waals surface area contributed by atoms with Gasteiger partial charge in [-0.2, -0.15) is 0 Å². The van der Waals surface area contributed by atoms with E-state index in [9.17, 15) is 14.0 Å². The molecule has 5 heteroatoms. The van der Waals surface area contributed by atoms with Crippen LogP contribution in [0.15, 0.2) is 18.2 Å². The predicted octanol–water partition coefficient (Wildman–Crippen LogP) is 2.33. The zero-order valence-corrected chi connectivity index (χ0v) is 10.7. The molecule has 0 saturated carbocycles. The molecule has 1 fully saturated rings. The molecule has 1 aromatic carbocycles. The molecule has 2 rings (SSSR count). The minimum atomic E-state index is -0.826. The Hall–Kier alpha value is -1.91. The van der Waals surface area contributed by atoms with Gasteiger partial charge in [0.1, 0.15) is 5.82 Å². The summed E-state index contributed by atoms with van der Waals surface area (Å²) in [7, 11) is 0. The molecule has 4 nitrogen and oxygen atoms in total. The van der Waals surface area contributed by atoms with Crippen LogP contribution in [0.1, 0.15) is 30.1 Å². The molecule has 102 valence electrons. The highest BCUT2D eigenvalue weighted by atomic mass is 19.1. The molecular formula is C14H16FNO3. The van der Waals surface area contributed by atoms with E-state index in [0.717, 1.165) is 6.42 Å². The molecule has 1 atom stereocenters. The van der Waals surface area contributed by atoms with Crippen molar-refractivity contribution in [3.63, 3.8) is 0 Å². The fourth-order valence-corrected chi connectivity index (χ4v) is 2.37. The maximum atomic E-state index is 13.5. The van der Waals surface area contributed by atoms with Crippen LogP contribution >= 0.6 is 0 Å². The van der Waals surface area contributed by atoms with Gasteiger partial charge in [-0.05, 0) is 38.0 Å². The minimum absolute atomic E-state index is 0.201. The predicted molar refractivity (Wildman–Crippen MR) is 69.0 cm³/mol. The Bertz CT molecular complexity index is 515. The molecule has 1 saturated heterocycles. The third-order valence-electron chi connectivity index (χ3n) is 3.42. The van der Waals surface area contributed by atoms with Gasteiger partial charge in [0.25, 0.3) is 0 Å². The molecule has 1 aliphatic rings. The second-order valence-electron chi connectivity index (χ2n) is 4.88. The summed E-state index contributed by atoms with van der Waals surface area (Å²) in [5, 5.41) is 9.05. The van der Waals surface area contributed by atoms with Crippen LogP contribution in [-0.4, -0.2) is 29.9 Å². The summed E-state index contributed by atoms with van der Waals surface area (Å²) in [4.78, 5) is 24.2. The van der Waals surface area contributed by atoms with E-state index in [1.165, 1.54) is 19.1 Å². The third-order valence-corrected chi connectivity index (χ3v) is 3.42. The Labute approximate surface area is 110 Å². The molecule has 1 aliphatic heterocycles. The average Bonchev–Trinajstić information content (AvgIpc) is 2.38. The number of aliphatic carboxylic acids is 1. The van der Waals surface area contributed by atoms with Gasteiger partial charge in [-0.25, -0.2) is 4.39 Å². The zero-order valence-electron chi connectivity index (χ0n) is 10.7. The summed E-state index contributed by atoms with van der Waals surface area (Å²) in [5.74, 6) is -1.93. The number of carbonyl (C=O) groups excluding carboxylic acids is 1. The summed E-state index contributed by atoms with van der Waals surface area (Å²) in [6.07, 6.45) is 1.39. The first-order chi connectivity index (χ1) is 8.97. The van der Waals surface area contributed by atoms with Crippen molar-refractivity contribution in [1.82, 2.24) is 0 Å². The lowest BCUT2D eigenvalue weighted by atomic mass is 9.97. The van der Waals surface area contributed by atoms with E-state index in [1.807, 2.05) is 4.90 Å². The highest BCUT2D eigenvalue weighted by Crippen LogP contribution is 2.25. The van der Waals surface area contributed by atoms with E-state index < -0.39 is 17.7 Å². The van der Waals surface area contributed by atoms with E-state index in [0.29, 0.717) is 30.8 Å². The van der Waals surface area contributed by atoms with Gasteiger partial charge in [-0.3, -0.25) is 9.59 Å². The van der Waals surface area contributed by atoms with Crippen molar-refractivity contribution >= 4 is 17.4 Å². The quantitative estimate of drug-likeness (QED) is 0.852. The first-order valence-corrected chi connectivity index (χ1v) is 6.26. The lowest BCUT2D eigenvalue weighted by molar-refractivity contribution is -0.141. The lowest BCUT2D eigenvalue weighted by Gasteiger charge is -2.32. The number of anilines is 1. The van der Waals surface area contributed by atoms with Crippen LogP contribution in [0, 0.1) is 11.7 Å². The SMILES string of the molecule is CC(=O)c1cc(F)cc(N2CCCC(C(=O)O)C2)c1. The summed E-state index contributed by atoms with van der Waals surface area (Å²) < 4.78 is 13.5. The van der Waals surface area contributed by atoms with Gasteiger partial charge in [0.2, 0.25) is 0 Å². The van der Waals surface area contributed by atoms with E-state index in [1.54, 1.807) is 6.07 Å². The Morgan fingerprint density at radius 2 is 2.11 bits per heavy atom. The summed E-state index contributed by atoms with van der Waals surface area (Å²) in [6.45, 7) is 2.43. The molecule has 0 radical (unpaired) electrons. The third kappa shape index (κ3) is 3.10. The standard InChI is InChI=1S/C14H16FNO3/c1-9(17)11-5-12(15)7-13(6-11)16-4-2-3-10(8-16)14(18)19/h5-7,10H,2-4,8H2,1H3,(H,18,19). The topological polar surface area (TPSA) is 57.6 Å². The fraction of sp³-hybridized carbons (Fsp3) is 0.429. The Morgan fingerprint density at radius 1 is 1.37 bits per heavy atom. The van der Waals surface area contributed by atoms with Gasteiger partial charge >= 0.3 is 5.97 Å². The van der Waals surface area contributed by atoms with Crippen LogP contribution in [0.2, 0.25) is 0 Å². The number of carbonyl (C=O) groups is 2. The molecule has 0 aromatic heterocycles. The number of ketones is 1. The van der Waals surface area contributed by atoms with E-state index >= 15 is 0 Å². The van der Waals surface area contributed by atoms with Gasteiger partial charge in [-0.1, -0.05) is 0 Å². The number of halogens is 1. The minimum Gasteiger partial charge on any atom is -0.481 e. The van der Waals surface area contributed by atoms with Gasteiger partial charge in [0.15, 0.2) is 5.78 Å². The van der Waals surface area contributed by atoms with Gasteiger partial charge < -0.3 is 10.0 Å². The molecule has 1 aromatic rings. The monoisotopic (exact) mass is 265 g/mol. The van der Waals surface area contributed by atoms with Gasteiger partial charge in [0, 0.05) is 24.3 Å². The van der Waals surface area contributed by atoms with Crippen molar-refractivity contribution in [3.05, 3.63) is 29.6 Å². The number of Topliss-reactive ketones (excluding diaryl/α,β-unsaturated/α-hetero) is 1. The van der Waals surface area contributed by atoms with E-state index in [4.69, 9.17) is 5.11 Å².